The molecule has 1 N–H and O–H groups in total. The Bertz CT molecular complexity index is 540. The molecule has 0 bridgehead atoms. The van der Waals surface area contributed by atoms with Crippen molar-refractivity contribution in [3.05, 3.63) is 29.8 Å². The summed E-state index contributed by atoms with van der Waals surface area (Å²) in [6.45, 7) is 8.19. The molecule has 1 heterocycles. The number of methoxy groups -OCH3 is 2. The molecule has 1 fully saturated rings. The Labute approximate surface area is 146 Å². The van der Waals surface area contributed by atoms with Crippen molar-refractivity contribution in [2.24, 2.45) is 10.9 Å². The predicted molar refractivity (Wildman–Crippen MR) is 98.9 cm³/mol. The number of benzene rings is 1. The average molecular weight is 333 g/mol. The Hall–Kier alpha value is -1.75. The van der Waals surface area contributed by atoms with Gasteiger partial charge in [-0.2, -0.15) is 0 Å². The average Bonchev–Trinajstić information content (AvgIpc) is 3.04. The molecule has 5 heteroatoms. The summed E-state index contributed by atoms with van der Waals surface area (Å²) in [6.07, 6.45) is 1.16. The van der Waals surface area contributed by atoms with Crippen molar-refractivity contribution in [1.29, 1.82) is 0 Å². The van der Waals surface area contributed by atoms with E-state index < -0.39 is 0 Å². The first kappa shape index (κ1) is 18.6. The maximum absolute atomic E-state index is 5.28. The van der Waals surface area contributed by atoms with Gasteiger partial charge in [0.05, 0.1) is 13.7 Å². The number of hydrogen-bond acceptors (Lipinski definition) is 3. The van der Waals surface area contributed by atoms with Crippen LogP contribution in [-0.2, 0) is 10.2 Å². The van der Waals surface area contributed by atoms with Gasteiger partial charge in [-0.05, 0) is 24.1 Å². The summed E-state index contributed by atoms with van der Waals surface area (Å²) >= 11 is 0. The molecule has 1 saturated heterocycles. The van der Waals surface area contributed by atoms with Crippen LogP contribution in [0.2, 0.25) is 0 Å². The van der Waals surface area contributed by atoms with Gasteiger partial charge in [-0.1, -0.05) is 26.0 Å². The van der Waals surface area contributed by atoms with E-state index in [1.54, 1.807) is 14.2 Å². The highest BCUT2D eigenvalue weighted by Gasteiger charge is 2.27. The van der Waals surface area contributed by atoms with Gasteiger partial charge in [0.15, 0.2) is 5.96 Å². The first-order chi connectivity index (χ1) is 11.5. The van der Waals surface area contributed by atoms with Crippen molar-refractivity contribution in [3.63, 3.8) is 0 Å². The van der Waals surface area contributed by atoms with Crippen LogP contribution < -0.4 is 10.1 Å². The van der Waals surface area contributed by atoms with E-state index in [0.717, 1.165) is 44.4 Å². The molecule has 0 aliphatic carbocycles. The molecule has 1 unspecified atom stereocenters. The molecule has 0 radical (unpaired) electrons. The number of hydrogen-bond donors (Lipinski definition) is 1. The molecule has 0 aromatic heterocycles. The lowest BCUT2D eigenvalue weighted by Crippen LogP contribution is -2.45. The molecule has 0 amide bonds. The van der Waals surface area contributed by atoms with Crippen molar-refractivity contribution in [1.82, 2.24) is 10.2 Å². The third-order valence-electron chi connectivity index (χ3n) is 4.76. The number of nitrogens with one attached hydrogen (secondary N) is 1. The topological polar surface area (TPSA) is 46.1 Å². The monoisotopic (exact) mass is 333 g/mol. The molecule has 134 valence electrons. The smallest absolute Gasteiger partial charge is 0.193 e. The largest absolute Gasteiger partial charge is 0.497 e. The molecular formula is C19H31N3O2. The highest BCUT2D eigenvalue weighted by Crippen LogP contribution is 2.25. The van der Waals surface area contributed by atoms with E-state index in [9.17, 15) is 0 Å². The minimum Gasteiger partial charge on any atom is -0.497 e. The maximum Gasteiger partial charge on any atom is 0.193 e. The second-order valence-electron chi connectivity index (χ2n) is 7.07. The minimum atomic E-state index is 0.00780. The third-order valence-corrected chi connectivity index (χ3v) is 4.76. The molecule has 1 atom stereocenters. The van der Waals surface area contributed by atoms with Gasteiger partial charge in [-0.3, -0.25) is 4.99 Å². The van der Waals surface area contributed by atoms with Crippen molar-refractivity contribution in [3.8, 4) is 5.75 Å². The molecule has 1 aromatic carbocycles. The fourth-order valence-electron chi connectivity index (χ4n) is 3.17. The highest BCUT2D eigenvalue weighted by atomic mass is 16.5. The highest BCUT2D eigenvalue weighted by molar-refractivity contribution is 5.80. The standard InChI is InChI=1S/C19H31N3O2/c1-19(2,16-6-8-17(24-5)9-7-16)14-21-18(20-3)22-11-10-15(12-22)13-23-4/h6-9,15H,10-14H2,1-5H3,(H,20,21). The second-order valence-corrected chi connectivity index (χ2v) is 7.07. The van der Waals surface area contributed by atoms with E-state index in [0.29, 0.717) is 5.92 Å². The molecule has 5 nitrogen and oxygen atoms in total. The summed E-state index contributed by atoms with van der Waals surface area (Å²) in [5.74, 6) is 2.47. The van der Waals surface area contributed by atoms with Gasteiger partial charge in [-0.25, -0.2) is 0 Å². The van der Waals surface area contributed by atoms with Crippen molar-refractivity contribution in [2.45, 2.75) is 25.7 Å². The fourth-order valence-corrected chi connectivity index (χ4v) is 3.17. The number of nitrogens with zero attached hydrogens (tertiary/aromatic N) is 2. The summed E-state index contributed by atoms with van der Waals surface area (Å²) in [7, 11) is 5.32. The molecule has 24 heavy (non-hydrogen) atoms. The van der Waals surface area contributed by atoms with Crippen molar-refractivity contribution in [2.75, 3.05) is 47.5 Å². The van der Waals surface area contributed by atoms with Crippen LogP contribution in [0.15, 0.2) is 29.3 Å². The third kappa shape index (κ3) is 4.63. The first-order valence-electron chi connectivity index (χ1n) is 8.59. The van der Waals surface area contributed by atoms with E-state index in [1.807, 2.05) is 19.2 Å². The van der Waals surface area contributed by atoms with E-state index in [2.05, 4.69) is 41.2 Å². The summed E-state index contributed by atoms with van der Waals surface area (Å²) in [5.41, 5.74) is 1.29. The van der Waals surface area contributed by atoms with Crippen molar-refractivity contribution >= 4 is 5.96 Å². The normalized spacial score (nSPS) is 18.8. The van der Waals surface area contributed by atoms with E-state index in [-0.39, 0.29) is 5.41 Å². The summed E-state index contributed by atoms with van der Waals surface area (Å²) in [6, 6.07) is 8.30. The summed E-state index contributed by atoms with van der Waals surface area (Å²) in [5, 5.41) is 3.55. The Morgan fingerprint density at radius 3 is 2.58 bits per heavy atom. The quantitative estimate of drug-likeness (QED) is 0.642. The molecule has 0 spiro atoms. The molecule has 1 aliphatic heterocycles. The second kappa shape index (κ2) is 8.38. The van der Waals surface area contributed by atoms with Gasteiger partial charge in [0.2, 0.25) is 0 Å². The van der Waals surface area contributed by atoms with Gasteiger partial charge in [0.1, 0.15) is 5.75 Å². The maximum atomic E-state index is 5.28. The van der Waals surface area contributed by atoms with Crippen LogP contribution in [-0.4, -0.2) is 58.4 Å². The zero-order valence-corrected chi connectivity index (χ0v) is 15.6. The lowest BCUT2D eigenvalue weighted by molar-refractivity contribution is 0.157. The number of aliphatic imine (C=N–C) groups is 1. The van der Waals surface area contributed by atoms with Gasteiger partial charge < -0.3 is 19.7 Å². The zero-order chi connectivity index (χ0) is 17.6. The number of ether oxygens (including phenoxy) is 2. The van der Waals surface area contributed by atoms with Crippen LogP contribution in [0.5, 0.6) is 5.75 Å². The van der Waals surface area contributed by atoms with Crippen LogP contribution in [0.25, 0.3) is 0 Å². The van der Waals surface area contributed by atoms with Crippen LogP contribution in [0.4, 0.5) is 0 Å². The minimum absolute atomic E-state index is 0.00780. The molecule has 1 aromatic rings. The number of likely N-dealkylation sites (tertiary alicyclic amines) is 1. The van der Waals surface area contributed by atoms with Crippen LogP contribution in [0, 0.1) is 5.92 Å². The van der Waals surface area contributed by atoms with E-state index in [4.69, 9.17) is 9.47 Å². The van der Waals surface area contributed by atoms with Crippen molar-refractivity contribution < 1.29 is 9.47 Å². The van der Waals surface area contributed by atoms with E-state index in [1.165, 1.54) is 5.56 Å². The molecular weight excluding hydrogens is 302 g/mol. The van der Waals surface area contributed by atoms with Gasteiger partial charge >= 0.3 is 0 Å². The van der Waals surface area contributed by atoms with Gasteiger partial charge in [-0.15, -0.1) is 0 Å². The zero-order valence-electron chi connectivity index (χ0n) is 15.6. The van der Waals surface area contributed by atoms with Crippen LogP contribution >= 0.6 is 0 Å². The number of guanidine groups is 1. The lowest BCUT2D eigenvalue weighted by Gasteiger charge is -2.29. The van der Waals surface area contributed by atoms with Crippen LogP contribution in [0.3, 0.4) is 0 Å². The molecule has 1 aliphatic rings. The predicted octanol–water partition coefficient (Wildman–Crippen LogP) is 2.52. The first-order valence-corrected chi connectivity index (χ1v) is 8.59. The molecule has 0 saturated carbocycles. The SMILES string of the molecule is CN=C(NCC(C)(C)c1ccc(OC)cc1)N1CCC(COC)C1. The van der Waals surface area contributed by atoms with Gasteiger partial charge in [0.25, 0.3) is 0 Å². The van der Waals surface area contributed by atoms with Crippen LogP contribution in [0.1, 0.15) is 25.8 Å². The Morgan fingerprint density at radius 2 is 2.00 bits per heavy atom. The summed E-state index contributed by atoms with van der Waals surface area (Å²) in [4.78, 5) is 6.79. The Kier molecular flexibility index (Phi) is 6.49. The van der Waals surface area contributed by atoms with E-state index >= 15 is 0 Å². The Balaban J connectivity index is 1.94. The Morgan fingerprint density at radius 1 is 1.29 bits per heavy atom. The summed E-state index contributed by atoms with van der Waals surface area (Å²) < 4.78 is 10.5. The number of rotatable bonds is 6. The van der Waals surface area contributed by atoms with Gasteiger partial charge in [0, 0.05) is 45.1 Å². The molecule has 2 rings (SSSR count). The lowest BCUT2D eigenvalue weighted by atomic mass is 9.84. The fraction of sp³-hybridized carbons (Fsp3) is 0.632.